The highest BCUT2D eigenvalue weighted by molar-refractivity contribution is 5.80. The van der Waals surface area contributed by atoms with E-state index in [1.807, 2.05) is 12.1 Å². The maximum atomic E-state index is 13.8. The molecule has 0 aliphatic rings. The van der Waals surface area contributed by atoms with Gasteiger partial charge < -0.3 is 4.74 Å². The molecule has 0 saturated carbocycles. The topological polar surface area (TPSA) is 47.9 Å². The van der Waals surface area contributed by atoms with Crippen LogP contribution in [-0.4, -0.2) is 22.1 Å². The molecule has 23 heavy (non-hydrogen) atoms. The number of alkyl halides is 3. The van der Waals surface area contributed by atoms with Gasteiger partial charge in [-0.3, -0.25) is 0 Å². The molecular weight excluding hydrogens is 314 g/mol. The molecule has 3 rings (SSSR count). The van der Waals surface area contributed by atoms with Gasteiger partial charge in [0.2, 0.25) is 11.8 Å². The molecule has 0 atom stereocenters. The van der Waals surface area contributed by atoms with Crippen LogP contribution in [0.1, 0.15) is 5.56 Å². The highest BCUT2D eigenvalue weighted by Gasteiger charge is 2.40. The zero-order valence-electron chi connectivity index (χ0n) is 11.7. The predicted octanol–water partition coefficient (Wildman–Crippen LogP) is 3.86. The number of nitrogens with zero attached hydrogens (tertiary/aromatic N) is 3. The van der Waals surface area contributed by atoms with E-state index in [9.17, 15) is 17.6 Å². The van der Waals surface area contributed by atoms with Crippen LogP contribution in [0.2, 0.25) is 0 Å². The lowest BCUT2D eigenvalue weighted by Crippen LogP contribution is -2.14. The normalized spacial score (nSPS) is 11.7. The average molecular weight is 323 g/mol. The fourth-order valence-corrected chi connectivity index (χ4v) is 2.11. The van der Waals surface area contributed by atoms with Crippen molar-refractivity contribution in [2.75, 3.05) is 7.11 Å². The third kappa shape index (κ3) is 2.79. The summed E-state index contributed by atoms with van der Waals surface area (Å²) in [5.74, 6) is -2.86. The Hall–Kier alpha value is -2.77. The van der Waals surface area contributed by atoms with E-state index in [1.165, 1.54) is 6.07 Å². The molecule has 0 fully saturated rings. The maximum Gasteiger partial charge on any atom is 0.426 e. The fourth-order valence-electron chi connectivity index (χ4n) is 2.11. The molecule has 8 heteroatoms. The number of ether oxygens (including phenoxy) is 1. The minimum atomic E-state index is -4.95. The van der Waals surface area contributed by atoms with Crippen LogP contribution in [0.15, 0.2) is 36.4 Å². The Morgan fingerprint density at radius 1 is 0.957 bits per heavy atom. The van der Waals surface area contributed by atoms with Crippen molar-refractivity contribution < 1.29 is 22.3 Å². The molecule has 118 valence electrons. The Labute approximate surface area is 127 Å². The third-order valence-electron chi connectivity index (χ3n) is 3.14. The van der Waals surface area contributed by atoms with E-state index in [4.69, 9.17) is 0 Å². The Balaban J connectivity index is 2.17. The molecule has 2 heterocycles. The van der Waals surface area contributed by atoms with Gasteiger partial charge in [0.15, 0.2) is 11.4 Å². The van der Waals surface area contributed by atoms with Crippen molar-refractivity contribution in [2.24, 2.45) is 0 Å². The first kappa shape index (κ1) is 15.1. The van der Waals surface area contributed by atoms with Crippen LogP contribution in [0.4, 0.5) is 17.6 Å². The number of pyridine rings is 1. The maximum absolute atomic E-state index is 13.8. The van der Waals surface area contributed by atoms with E-state index in [2.05, 4.69) is 19.7 Å². The molecule has 0 amide bonds. The van der Waals surface area contributed by atoms with Gasteiger partial charge in [-0.25, -0.2) is 4.98 Å². The summed E-state index contributed by atoms with van der Waals surface area (Å²) in [4.78, 5) is 11.2. The van der Waals surface area contributed by atoms with Crippen LogP contribution in [-0.2, 0) is 6.18 Å². The predicted molar refractivity (Wildman–Crippen MR) is 74.3 cm³/mol. The first-order valence-electron chi connectivity index (χ1n) is 6.45. The van der Waals surface area contributed by atoms with E-state index < -0.39 is 23.6 Å². The van der Waals surface area contributed by atoms with Gasteiger partial charge in [0.1, 0.15) is 5.69 Å². The first-order chi connectivity index (χ1) is 10.9. The summed E-state index contributed by atoms with van der Waals surface area (Å²) in [5.41, 5.74) is -0.896. The van der Waals surface area contributed by atoms with Crippen molar-refractivity contribution in [3.8, 4) is 17.4 Å². The van der Waals surface area contributed by atoms with E-state index in [-0.39, 0.29) is 11.5 Å². The highest BCUT2D eigenvalue weighted by atomic mass is 19.4. The number of methoxy groups -OCH3 is 1. The van der Waals surface area contributed by atoms with Gasteiger partial charge in [-0.05, 0) is 12.1 Å². The molecule has 0 radical (unpaired) electrons. The third-order valence-corrected chi connectivity index (χ3v) is 3.14. The molecule has 1 aromatic carbocycles. The summed E-state index contributed by atoms with van der Waals surface area (Å²) >= 11 is 0. The van der Waals surface area contributed by atoms with Crippen molar-refractivity contribution in [1.29, 1.82) is 0 Å². The van der Waals surface area contributed by atoms with Gasteiger partial charge in [-0.2, -0.15) is 27.5 Å². The highest BCUT2D eigenvalue weighted by Crippen LogP contribution is 2.37. The summed E-state index contributed by atoms with van der Waals surface area (Å²) in [5, 5.41) is 0.829. The number of hydrogen-bond donors (Lipinski definition) is 0. The zero-order chi connectivity index (χ0) is 16.6. The number of benzene rings is 1. The fraction of sp³-hybridized carbons (Fsp3) is 0.133. The molecule has 4 nitrogen and oxygen atoms in total. The summed E-state index contributed by atoms with van der Waals surface area (Å²) in [6.07, 6.45) is -4.95. The van der Waals surface area contributed by atoms with Gasteiger partial charge >= 0.3 is 6.18 Å². The largest absolute Gasteiger partial charge is 0.480 e. The Morgan fingerprint density at radius 2 is 1.70 bits per heavy atom. The molecular formula is C15H9F4N3O. The van der Waals surface area contributed by atoms with Gasteiger partial charge in [-0.1, -0.05) is 24.3 Å². The first-order valence-corrected chi connectivity index (χ1v) is 6.45. The van der Waals surface area contributed by atoms with Crippen molar-refractivity contribution in [3.05, 3.63) is 47.9 Å². The second kappa shape index (κ2) is 5.45. The minimum absolute atomic E-state index is 0.148. The lowest BCUT2D eigenvalue weighted by molar-refractivity contribution is -0.142. The zero-order valence-corrected chi connectivity index (χ0v) is 11.7. The van der Waals surface area contributed by atoms with Crippen molar-refractivity contribution in [2.45, 2.75) is 6.18 Å². The van der Waals surface area contributed by atoms with Crippen LogP contribution in [0.3, 0.4) is 0 Å². The summed E-state index contributed by atoms with van der Waals surface area (Å²) in [7, 11) is 0.981. The van der Waals surface area contributed by atoms with Crippen LogP contribution >= 0.6 is 0 Å². The average Bonchev–Trinajstić information content (AvgIpc) is 2.52. The van der Waals surface area contributed by atoms with E-state index in [0.717, 1.165) is 12.5 Å². The molecule has 0 aliphatic carbocycles. The Bertz CT molecular complexity index is 880. The van der Waals surface area contributed by atoms with Crippen molar-refractivity contribution in [3.63, 3.8) is 0 Å². The number of rotatable bonds is 2. The van der Waals surface area contributed by atoms with Gasteiger partial charge in [-0.15, -0.1) is 0 Å². The van der Waals surface area contributed by atoms with Crippen molar-refractivity contribution in [1.82, 2.24) is 15.0 Å². The number of aromatic nitrogens is 3. The number of halogens is 4. The van der Waals surface area contributed by atoms with Crippen molar-refractivity contribution >= 4 is 10.9 Å². The lowest BCUT2D eigenvalue weighted by Gasteiger charge is -2.12. The summed E-state index contributed by atoms with van der Waals surface area (Å²) in [6.45, 7) is 0. The molecule has 0 saturated heterocycles. The monoisotopic (exact) mass is 323 g/mol. The number of hydrogen-bond acceptors (Lipinski definition) is 4. The SMILES string of the molecule is COc1nc(-c2ccc3ccccc3n2)nc(F)c1C(F)(F)F. The standard InChI is InChI=1S/C15H9F4N3O/c1-23-14-11(15(17,18)19)12(16)21-13(22-14)10-7-6-8-4-2-3-5-9(8)20-10/h2-7H,1H3. The molecule has 2 aromatic heterocycles. The van der Waals surface area contributed by atoms with Crippen LogP contribution in [0.5, 0.6) is 5.88 Å². The van der Waals surface area contributed by atoms with Gasteiger partial charge in [0.05, 0.1) is 12.6 Å². The number of fused-ring (bicyclic) bond motifs is 1. The van der Waals surface area contributed by atoms with Gasteiger partial charge in [0, 0.05) is 5.39 Å². The molecule has 0 unspecified atom stereocenters. The molecule has 0 spiro atoms. The van der Waals surface area contributed by atoms with Crippen LogP contribution < -0.4 is 4.74 Å². The second-order valence-corrected chi connectivity index (χ2v) is 4.61. The Morgan fingerprint density at radius 3 is 2.39 bits per heavy atom. The quantitative estimate of drug-likeness (QED) is 0.531. The van der Waals surface area contributed by atoms with Crippen LogP contribution in [0.25, 0.3) is 22.4 Å². The molecule has 0 N–H and O–H groups in total. The lowest BCUT2D eigenvalue weighted by atomic mass is 10.2. The van der Waals surface area contributed by atoms with E-state index >= 15 is 0 Å². The van der Waals surface area contributed by atoms with Crippen LogP contribution in [0, 0.1) is 5.95 Å². The van der Waals surface area contributed by atoms with E-state index in [1.54, 1.807) is 18.2 Å². The molecule has 3 aromatic rings. The molecule has 0 bridgehead atoms. The molecule has 0 aliphatic heterocycles. The smallest absolute Gasteiger partial charge is 0.426 e. The number of para-hydroxylation sites is 1. The summed E-state index contributed by atoms with van der Waals surface area (Å²) < 4.78 is 56.8. The Kier molecular flexibility index (Phi) is 3.59. The van der Waals surface area contributed by atoms with E-state index in [0.29, 0.717) is 5.52 Å². The minimum Gasteiger partial charge on any atom is -0.480 e. The second-order valence-electron chi connectivity index (χ2n) is 4.61. The summed E-state index contributed by atoms with van der Waals surface area (Å²) in [6, 6.07) is 10.3. The van der Waals surface area contributed by atoms with Gasteiger partial charge in [0.25, 0.3) is 0 Å².